The van der Waals surface area contributed by atoms with Gasteiger partial charge in [-0.15, -0.1) is 0 Å². The van der Waals surface area contributed by atoms with Crippen LogP contribution >= 0.6 is 0 Å². The van der Waals surface area contributed by atoms with Gasteiger partial charge in [0.15, 0.2) is 0 Å². The Bertz CT molecular complexity index is 945. The largest absolute Gasteiger partial charge is 0.326 e. The topological polar surface area (TPSA) is 58.2 Å². The quantitative estimate of drug-likeness (QED) is 0.665. The fourth-order valence-electron chi connectivity index (χ4n) is 6.72. The number of hydrogen-bond donors (Lipinski definition) is 2. The Balaban J connectivity index is 1.23. The molecule has 4 aliphatic carbocycles. The van der Waals surface area contributed by atoms with E-state index in [9.17, 15) is 9.59 Å². The van der Waals surface area contributed by atoms with Crippen LogP contribution in [-0.4, -0.2) is 11.8 Å². The number of benzene rings is 2. The van der Waals surface area contributed by atoms with E-state index >= 15 is 0 Å². The lowest BCUT2D eigenvalue weighted by atomic mass is 9.49. The number of carbonyl (C=O) groups is 2. The zero-order valence-corrected chi connectivity index (χ0v) is 17.6. The van der Waals surface area contributed by atoms with Gasteiger partial charge >= 0.3 is 0 Å². The van der Waals surface area contributed by atoms with Gasteiger partial charge in [0, 0.05) is 23.4 Å². The Morgan fingerprint density at radius 1 is 0.867 bits per heavy atom. The fourth-order valence-corrected chi connectivity index (χ4v) is 6.72. The molecule has 0 spiro atoms. The lowest BCUT2D eigenvalue weighted by Crippen LogP contribution is -2.47. The number of hydrogen-bond acceptors (Lipinski definition) is 2. The molecular weight excluding hydrogens is 372 g/mol. The average molecular weight is 403 g/mol. The van der Waals surface area contributed by atoms with Crippen molar-refractivity contribution < 1.29 is 9.59 Å². The standard InChI is InChI=1S/C26H30N2O2/c1-17-4-2-5-21(8-17)25(30)28-23-7-3-6-22(12-23)27-24(29)16-26-13-18-9-19(14-26)11-20(10-18)15-26/h2-8,12,18-20H,9-11,13-16H2,1H3,(H,27,29)(H,28,30). The van der Waals surface area contributed by atoms with Crippen molar-refractivity contribution in [2.75, 3.05) is 10.6 Å². The van der Waals surface area contributed by atoms with Gasteiger partial charge < -0.3 is 10.6 Å². The van der Waals surface area contributed by atoms with E-state index in [1.807, 2.05) is 49.4 Å². The normalized spacial score (nSPS) is 28.9. The van der Waals surface area contributed by atoms with Gasteiger partial charge in [-0.3, -0.25) is 9.59 Å². The van der Waals surface area contributed by atoms with Crippen LogP contribution in [0.2, 0.25) is 0 Å². The molecular formula is C26H30N2O2. The van der Waals surface area contributed by atoms with E-state index in [0.717, 1.165) is 29.0 Å². The van der Waals surface area contributed by atoms with Crippen molar-refractivity contribution in [1.29, 1.82) is 0 Å². The second kappa shape index (κ2) is 7.57. The summed E-state index contributed by atoms with van der Waals surface area (Å²) in [6.45, 7) is 1.97. The van der Waals surface area contributed by atoms with E-state index in [1.165, 1.54) is 38.5 Å². The van der Waals surface area contributed by atoms with Gasteiger partial charge in [-0.2, -0.15) is 0 Å². The number of carbonyl (C=O) groups excluding carboxylic acids is 2. The smallest absolute Gasteiger partial charge is 0.255 e. The zero-order chi connectivity index (χ0) is 20.7. The highest BCUT2D eigenvalue weighted by molar-refractivity contribution is 6.04. The molecule has 0 unspecified atom stereocenters. The van der Waals surface area contributed by atoms with Crippen molar-refractivity contribution in [2.24, 2.45) is 23.2 Å². The maximum atomic E-state index is 12.9. The second-order valence-corrected chi connectivity index (χ2v) is 10.0. The van der Waals surface area contributed by atoms with Gasteiger partial charge in [0.05, 0.1) is 0 Å². The lowest BCUT2D eigenvalue weighted by molar-refractivity contribution is -0.124. The van der Waals surface area contributed by atoms with Gasteiger partial charge in [-0.1, -0.05) is 23.8 Å². The molecule has 2 aromatic carbocycles. The molecule has 0 saturated heterocycles. The maximum absolute atomic E-state index is 12.9. The summed E-state index contributed by atoms with van der Waals surface area (Å²) in [7, 11) is 0. The molecule has 0 aromatic heterocycles. The van der Waals surface area contributed by atoms with Gasteiger partial charge in [0.2, 0.25) is 5.91 Å². The van der Waals surface area contributed by atoms with Crippen LogP contribution in [0.25, 0.3) is 0 Å². The highest BCUT2D eigenvalue weighted by Crippen LogP contribution is 2.61. The van der Waals surface area contributed by atoms with Crippen LogP contribution < -0.4 is 10.6 Å². The maximum Gasteiger partial charge on any atom is 0.255 e. The second-order valence-electron chi connectivity index (χ2n) is 10.0. The molecule has 4 nitrogen and oxygen atoms in total. The van der Waals surface area contributed by atoms with Crippen molar-refractivity contribution in [3.8, 4) is 0 Å². The minimum atomic E-state index is -0.143. The average Bonchev–Trinajstić information content (AvgIpc) is 2.66. The molecule has 0 radical (unpaired) electrons. The number of rotatable bonds is 5. The fraction of sp³-hybridized carbons (Fsp3) is 0.462. The summed E-state index contributed by atoms with van der Waals surface area (Å²) in [4.78, 5) is 25.4. The summed E-state index contributed by atoms with van der Waals surface area (Å²) < 4.78 is 0. The Hall–Kier alpha value is -2.62. The van der Waals surface area contributed by atoms with Crippen molar-refractivity contribution in [3.63, 3.8) is 0 Å². The van der Waals surface area contributed by atoms with Gasteiger partial charge in [-0.25, -0.2) is 0 Å². The van der Waals surface area contributed by atoms with Crippen molar-refractivity contribution in [1.82, 2.24) is 0 Å². The van der Waals surface area contributed by atoms with E-state index in [1.54, 1.807) is 6.07 Å². The molecule has 2 N–H and O–H groups in total. The Kier molecular flexibility index (Phi) is 4.88. The Morgan fingerprint density at radius 2 is 1.47 bits per heavy atom. The molecule has 6 rings (SSSR count). The summed E-state index contributed by atoms with van der Waals surface area (Å²) in [5, 5.41) is 6.02. The van der Waals surface area contributed by atoms with Crippen LogP contribution in [0.4, 0.5) is 11.4 Å². The SMILES string of the molecule is Cc1cccc(C(=O)Nc2cccc(NC(=O)CC34CC5CC(CC(C5)C3)C4)c2)c1. The van der Waals surface area contributed by atoms with Crippen molar-refractivity contribution in [2.45, 2.75) is 51.9 Å². The first-order chi connectivity index (χ1) is 14.5. The predicted octanol–water partition coefficient (Wildman–Crippen LogP) is 5.79. The third-order valence-electron chi connectivity index (χ3n) is 7.39. The molecule has 0 heterocycles. The van der Waals surface area contributed by atoms with Crippen LogP contribution in [0, 0.1) is 30.1 Å². The number of anilines is 2. The summed E-state index contributed by atoms with van der Waals surface area (Å²) in [6, 6.07) is 15.0. The molecule has 156 valence electrons. The van der Waals surface area contributed by atoms with Crippen molar-refractivity contribution in [3.05, 3.63) is 59.7 Å². The molecule has 4 aliphatic rings. The zero-order valence-electron chi connectivity index (χ0n) is 17.6. The minimum Gasteiger partial charge on any atom is -0.326 e. The van der Waals surface area contributed by atoms with Crippen LogP contribution in [0.1, 0.15) is 60.9 Å². The number of aryl methyl sites for hydroxylation is 1. The van der Waals surface area contributed by atoms with E-state index in [4.69, 9.17) is 0 Å². The number of nitrogens with one attached hydrogen (secondary N) is 2. The monoisotopic (exact) mass is 402 g/mol. The van der Waals surface area contributed by atoms with E-state index < -0.39 is 0 Å². The highest BCUT2D eigenvalue weighted by Gasteiger charge is 2.51. The predicted molar refractivity (Wildman–Crippen MR) is 119 cm³/mol. The first-order valence-corrected chi connectivity index (χ1v) is 11.2. The molecule has 2 aromatic rings. The molecule has 30 heavy (non-hydrogen) atoms. The highest BCUT2D eigenvalue weighted by atomic mass is 16.2. The third-order valence-corrected chi connectivity index (χ3v) is 7.39. The molecule has 4 saturated carbocycles. The Morgan fingerprint density at radius 3 is 2.10 bits per heavy atom. The van der Waals surface area contributed by atoms with Crippen LogP contribution in [0.15, 0.2) is 48.5 Å². The summed E-state index contributed by atoms with van der Waals surface area (Å²) >= 11 is 0. The van der Waals surface area contributed by atoms with E-state index in [-0.39, 0.29) is 17.2 Å². The summed E-state index contributed by atoms with van der Waals surface area (Å²) in [5.41, 5.74) is 3.34. The van der Waals surface area contributed by atoms with Crippen LogP contribution in [0.5, 0.6) is 0 Å². The van der Waals surface area contributed by atoms with E-state index in [2.05, 4.69) is 10.6 Å². The van der Waals surface area contributed by atoms with Gasteiger partial charge in [0.25, 0.3) is 5.91 Å². The molecule has 4 bridgehead atoms. The number of amides is 2. The third kappa shape index (κ3) is 4.00. The minimum absolute atomic E-state index is 0.110. The van der Waals surface area contributed by atoms with Crippen LogP contribution in [0.3, 0.4) is 0 Å². The van der Waals surface area contributed by atoms with Crippen molar-refractivity contribution >= 4 is 23.2 Å². The summed E-state index contributed by atoms with van der Waals surface area (Å²) in [6.07, 6.45) is 8.52. The first kappa shape index (κ1) is 19.3. The summed E-state index contributed by atoms with van der Waals surface area (Å²) in [5.74, 6) is 2.52. The van der Waals surface area contributed by atoms with E-state index in [0.29, 0.717) is 17.7 Å². The Labute approximate surface area is 178 Å². The molecule has 0 atom stereocenters. The molecule has 0 aliphatic heterocycles. The van der Waals surface area contributed by atoms with Crippen LogP contribution in [-0.2, 0) is 4.79 Å². The first-order valence-electron chi connectivity index (χ1n) is 11.2. The molecule has 4 heteroatoms. The lowest BCUT2D eigenvalue weighted by Gasteiger charge is -2.56. The molecule has 2 amide bonds. The molecule has 4 fully saturated rings. The van der Waals surface area contributed by atoms with Gasteiger partial charge in [-0.05, 0) is 98.9 Å². The van der Waals surface area contributed by atoms with Gasteiger partial charge in [0.1, 0.15) is 0 Å².